The van der Waals surface area contributed by atoms with Crippen molar-refractivity contribution in [1.29, 1.82) is 0 Å². The molecule has 20 heavy (non-hydrogen) atoms. The fraction of sp³-hybridized carbons (Fsp3) is 0.333. The van der Waals surface area contributed by atoms with Crippen LogP contribution in [0.15, 0.2) is 36.9 Å². The molecule has 2 N–H and O–H groups in total. The van der Waals surface area contributed by atoms with E-state index in [-0.39, 0.29) is 25.0 Å². The van der Waals surface area contributed by atoms with E-state index in [1.807, 2.05) is 24.3 Å². The van der Waals surface area contributed by atoms with Crippen molar-refractivity contribution in [2.45, 2.75) is 19.0 Å². The van der Waals surface area contributed by atoms with Gasteiger partial charge in [-0.2, -0.15) is 0 Å². The summed E-state index contributed by atoms with van der Waals surface area (Å²) in [4.78, 5) is 24.5. The monoisotopic (exact) mass is 274 g/mol. The third-order valence-electron chi connectivity index (χ3n) is 3.37. The zero-order valence-corrected chi connectivity index (χ0v) is 11.2. The van der Waals surface area contributed by atoms with E-state index < -0.39 is 5.97 Å². The number of carbonyl (C=O) groups excluding carboxylic acids is 1. The van der Waals surface area contributed by atoms with Crippen LogP contribution in [0.2, 0.25) is 0 Å². The molecule has 1 aromatic rings. The molecule has 1 aliphatic heterocycles. The summed E-state index contributed by atoms with van der Waals surface area (Å²) in [7, 11) is 0. The average molecular weight is 274 g/mol. The molecule has 0 radical (unpaired) electrons. The van der Waals surface area contributed by atoms with E-state index >= 15 is 0 Å². The van der Waals surface area contributed by atoms with Gasteiger partial charge in [-0.3, -0.25) is 9.59 Å². The standard InChI is InChI=1S/C15H18N2O3/c1-2-7-17(10-14(18)19)15(20)13-8-11-5-3-4-6-12(11)9-16-13/h2-6,13,16H,1,7-10H2,(H,18,19). The summed E-state index contributed by atoms with van der Waals surface area (Å²) in [5.74, 6) is -1.21. The van der Waals surface area contributed by atoms with Gasteiger partial charge in [-0.05, 0) is 17.5 Å². The molecule has 0 bridgehead atoms. The van der Waals surface area contributed by atoms with Gasteiger partial charge in [0.25, 0.3) is 0 Å². The Balaban J connectivity index is 2.09. The number of carbonyl (C=O) groups is 2. The quantitative estimate of drug-likeness (QED) is 0.779. The molecule has 5 nitrogen and oxygen atoms in total. The van der Waals surface area contributed by atoms with Crippen molar-refractivity contribution >= 4 is 11.9 Å². The number of carboxylic acids is 1. The zero-order valence-electron chi connectivity index (χ0n) is 11.2. The van der Waals surface area contributed by atoms with Gasteiger partial charge >= 0.3 is 5.97 Å². The summed E-state index contributed by atoms with van der Waals surface area (Å²) in [5, 5.41) is 12.0. The van der Waals surface area contributed by atoms with Gasteiger partial charge in [-0.15, -0.1) is 6.58 Å². The molecule has 1 unspecified atom stereocenters. The number of amides is 1. The van der Waals surface area contributed by atoms with E-state index in [1.165, 1.54) is 16.5 Å². The van der Waals surface area contributed by atoms with Crippen molar-refractivity contribution in [2.24, 2.45) is 0 Å². The molecule has 0 saturated carbocycles. The number of nitrogens with one attached hydrogen (secondary N) is 1. The topological polar surface area (TPSA) is 69.6 Å². The summed E-state index contributed by atoms with van der Waals surface area (Å²) < 4.78 is 0. The lowest BCUT2D eigenvalue weighted by Gasteiger charge is -2.29. The largest absolute Gasteiger partial charge is 0.480 e. The summed E-state index contributed by atoms with van der Waals surface area (Å²) in [5.41, 5.74) is 2.32. The van der Waals surface area contributed by atoms with Crippen LogP contribution in [0, 0.1) is 0 Å². The number of aliphatic carboxylic acids is 1. The Morgan fingerprint density at radius 1 is 1.40 bits per heavy atom. The molecule has 1 aromatic carbocycles. The predicted octanol–water partition coefficient (Wildman–Crippen LogP) is 0.800. The molecule has 0 aromatic heterocycles. The van der Waals surface area contributed by atoms with Crippen LogP contribution < -0.4 is 5.32 Å². The molecular formula is C15H18N2O3. The zero-order chi connectivity index (χ0) is 14.5. The number of fused-ring (bicyclic) bond motifs is 1. The Labute approximate surface area is 117 Å². The highest BCUT2D eigenvalue weighted by Crippen LogP contribution is 2.17. The Morgan fingerprint density at radius 3 is 2.75 bits per heavy atom. The van der Waals surface area contributed by atoms with E-state index in [0.29, 0.717) is 13.0 Å². The van der Waals surface area contributed by atoms with Gasteiger partial charge in [-0.1, -0.05) is 30.3 Å². The van der Waals surface area contributed by atoms with Crippen molar-refractivity contribution in [3.05, 3.63) is 48.0 Å². The Kier molecular flexibility index (Phi) is 4.53. The molecule has 1 heterocycles. The van der Waals surface area contributed by atoms with E-state index in [0.717, 1.165) is 5.56 Å². The first-order valence-corrected chi connectivity index (χ1v) is 6.53. The van der Waals surface area contributed by atoms with Crippen LogP contribution >= 0.6 is 0 Å². The lowest BCUT2D eigenvalue weighted by Crippen LogP contribution is -2.50. The first kappa shape index (κ1) is 14.3. The molecule has 106 valence electrons. The Morgan fingerprint density at radius 2 is 2.10 bits per heavy atom. The average Bonchev–Trinajstić information content (AvgIpc) is 2.45. The molecular weight excluding hydrogens is 256 g/mol. The fourth-order valence-electron chi connectivity index (χ4n) is 2.40. The minimum Gasteiger partial charge on any atom is -0.480 e. The summed E-state index contributed by atoms with van der Waals surface area (Å²) in [6, 6.07) is 7.58. The second kappa shape index (κ2) is 6.34. The van der Waals surface area contributed by atoms with Crippen LogP contribution in [0.1, 0.15) is 11.1 Å². The molecule has 2 rings (SSSR count). The number of hydrogen-bond donors (Lipinski definition) is 2. The number of nitrogens with zero attached hydrogens (tertiary/aromatic N) is 1. The summed E-state index contributed by atoms with van der Waals surface area (Å²) in [6.07, 6.45) is 2.12. The molecule has 1 amide bonds. The Hall–Kier alpha value is -2.14. The highest BCUT2D eigenvalue weighted by Gasteiger charge is 2.28. The first-order chi connectivity index (χ1) is 9.61. The lowest BCUT2D eigenvalue weighted by molar-refractivity contribution is -0.145. The third-order valence-corrected chi connectivity index (χ3v) is 3.37. The Bertz CT molecular complexity index is 528. The van der Waals surface area contributed by atoms with Gasteiger partial charge in [-0.25, -0.2) is 0 Å². The number of hydrogen-bond acceptors (Lipinski definition) is 3. The second-order valence-electron chi connectivity index (χ2n) is 4.81. The van der Waals surface area contributed by atoms with Gasteiger partial charge in [0.05, 0.1) is 6.04 Å². The number of rotatable bonds is 5. The van der Waals surface area contributed by atoms with Crippen molar-refractivity contribution in [1.82, 2.24) is 10.2 Å². The minimum atomic E-state index is -1.02. The molecule has 0 spiro atoms. The van der Waals surface area contributed by atoms with Crippen LogP contribution in [0.4, 0.5) is 0 Å². The molecule has 0 aliphatic carbocycles. The molecule has 1 aliphatic rings. The van der Waals surface area contributed by atoms with Crippen LogP contribution in [0.25, 0.3) is 0 Å². The van der Waals surface area contributed by atoms with Gasteiger partial charge < -0.3 is 15.3 Å². The van der Waals surface area contributed by atoms with Gasteiger partial charge in [0, 0.05) is 13.1 Å². The fourth-order valence-corrected chi connectivity index (χ4v) is 2.40. The maximum absolute atomic E-state index is 12.4. The molecule has 5 heteroatoms. The van der Waals surface area contributed by atoms with E-state index in [2.05, 4.69) is 11.9 Å². The minimum absolute atomic E-state index is 0.193. The lowest BCUT2D eigenvalue weighted by atomic mass is 9.95. The highest BCUT2D eigenvalue weighted by molar-refractivity contribution is 5.86. The SMILES string of the molecule is C=CCN(CC(=O)O)C(=O)C1Cc2ccccc2CN1. The maximum Gasteiger partial charge on any atom is 0.323 e. The van der Waals surface area contributed by atoms with E-state index in [9.17, 15) is 9.59 Å². The molecule has 0 fully saturated rings. The highest BCUT2D eigenvalue weighted by atomic mass is 16.4. The van der Waals surface area contributed by atoms with Crippen LogP contribution in [-0.2, 0) is 22.6 Å². The summed E-state index contributed by atoms with van der Waals surface area (Å²) >= 11 is 0. The van der Waals surface area contributed by atoms with E-state index in [4.69, 9.17) is 5.11 Å². The van der Waals surface area contributed by atoms with Crippen molar-refractivity contribution in [2.75, 3.05) is 13.1 Å². The maximum atomic E-state index is 12.4. The molecule has 1 atom stereocenters. The van der Waals surface area contributed by atoms with Gasteiger partial charge in [0.1, 0.15) is 6.54 Å². The van der Waals surface area contributed by atoms with Crippen LogP contribution in [0.5, 0.6) is 0 Å². The number of benzene rings is 1. The van der Waals surface area contributed by atoms with E-state index in [1.54, 1.807) is 0 Å². The van der Waals surface area contributed by atoms with Gasteiger partial charge in [0.15, 0.2) is 0 Å². The van der Waals surface area contributed by atoms with Crippen LogP contribution in [0.3, 0.4) is 0 Å². The number of carboxylic acid groups (broad SMARTS) is 1. The van der Waals surface area contributed by atoms with Crippen LogP contribution in [-0.4, -0.2) is 41.0 Å². The van der Waals surface area contributed by atoms with Crippen molar-refractivity contribution in [3.63, 3.8) is 0 Å². The van der Waals surface area contributed by atoms with Crippen molar-refractivity contribution in [3.8, 4) is 0 Å². The third kappa shape index (κ3) is 3.24. The normalized spacial score (nSPS) is 17.1. The second-order valence-corrected chi connectivity index (χ2v) is 4.81. The van der Waals surface area contributed by atoms with Crippen molar-refractivity contribution < 1.29 is 14.7 Å². The van der Waals surface area contributed by atoms with Gasteiger partial charge in [0.2, 0.25) is 5.91 Å². The summed E-state index contributed by atoms with van der Waals surface area (Å²) in [6.45, 7) is 4.13. The smallest absolute Gasteiger partial charge is 0.323 e. The molecule has 0 saturated heterocycles. The first-order valence-electron chi connectivity index (χ1n) is 6.53. The predicted molar refractivity (Wildman–Crippen MR) is 75.2 cm³/mol.